The first-order valence-electron chi connectivity index (χ1n) is 7.69. The van der Waals surface area contributed by atoms with Crippen LogP contribution in [0.15, 0.2) is 41.3 Å². The molecule has 0 radical (unpaired) electrons. The third kappa shape index (κ3) is 3.00. The van der Waals surface area contributed by atoms with Crippen LogP contribution in [0.3, 0.4) is 0 Å². The van der Waals surface area contributed by atoms with E-state index >= 15 is 0 Å². The molecule has 8 heteroatoms. The Bertz CT molecular complexity index is 802. The van der Waals surface area contributed by atoms with Crippen molar-refractivity contribution in [3.8, 4) is 22.6 Å². The number of methoxy groups -OCH3 is 1. The molecule has 134 valence electrons. The molecule has 1 aliphatic rings. The number of aromatic hydroxyl groups is 1. The highest BCUT2D eigenvalue weighted by molar-refractivity contribution is 5.69. The van der Waals surface area contributed by atoms with Gasteiger partial charge in [0.05, 0.1) is 19.3 Å². The summed E-state index contributed by atoms with van der Waals surface area (Å²) in [5, 5.41) is 39.3. The largest absolute Gasteiger partial charge is 0.507 e. The lowest BCUT2D eigenvalue weighted by atomic mass is 10.1. The molecule has 0 bridgehead atoms. The molecule has 1 fully saturated rings. The van der Waals surface area contributed by atoms with E-state index in [0.29, 0.717) is 11.3 Å². The first-order valence-corrected chi connectivity index (χ1v) is 7.69. The van der Waals surface area contributed by atoms with Gasteiger partial charge < -0.3 is 29.9 Å². The SMILES string of the molecule is COc1ccc(-c2c(O)ccn([C@@H]3O[C@H](CO)C(O)C3O)c2=O)cc1. The first kappa shape index (κ1) is 17.4. The van der Waals surface area contributed by atoms with Gasteiger partial charge in [-0.2, -0.15) is 0 Å². The summed E-state index contributed by atoms with van der Waals surface area (Å²) in [4.78, 5) is 12.8. The smallest absolute Gasteiger partial charge is 0.264 e. The summed E-state index contributed by atoms with van der Waals surface area (Å²) in [7, 11) is 1.52. The molecular weight excluding hydrogens is 330 g/mol. The minimum atomic E-state index is -1.39. The van der Waals surface area contributed by atoms with Crippen LogP contribution >= 0.6 is 0 Å². The van der Waals surface area contributed by atoms with Crippen LogP contribution in [0.1, 0.15) is 6.23 Å². The molecule has 3 rings (SSSR count). The van der Waals surface area contributed by atoms with Crippen LogP contribution in [0.2, 0.25) is 0 Å². The zero-order valence-corrected chi connectivity index (χ0v) is 13.4. The van der Waals surface area contributed by atoms with Crippen molar-refractivity contribution in [1.29, 1.82) is 0 Å². The number of nitrogens with zero attached hydrogens (tertiary/aromatic N) is 1. The highest BCUT2D eigenvalue weighted by Crippen LogP contribution is 2.31. The van der Waals surface area contributed by atoms with Crippen molar-refractivity contribution in [2.75, 3.05) is 13.7 Å². The number of aliphatic hydroxyl groups is 3. The van der Waals surface area contributed by atoms with E-state index in [2.05, 4.69) is 0 Å². The minimum absolute atomic E-state index is 0.0305. The van der Waals surface area contributed by atoms with E-state index in [1.807, 2.05) is 0 Å². The molecule has 0 spiro atoms. The van der Waals surface area contributed by atoms with Crippen LogP contribution < -0.4 is 10.3 Å². The molecule has 1 aliphatic heterocycles. The Morgan fingerprint density at radius 3 is 2.40 bits per heavy atom. The number of rotatable bonds is 4. The van der Waals surface area contributed by atoms with E-state index in [9.17, 15) is 25.2 Å². The Morgan fingerprint density at radius 1 is 1.16 bits per heavy atom. The number of pyridine rings is 1. The van der Waals surface area contributed by atoms with E-state index in [4.69, 9.17) is 9.47 Å². The number of hydrogen-bond donors (Lipinski definition) is 4. The van der Waals surface area contributed by atoms with Gasteiger partial charge in [-0.1, -0.05) is 12.1 Å². The number of ether oxygens (including phenoxy) is 2. The van der Waals surface area contributed by atoms with E-state index in [1.165, 1.54) is 19.4 Å². The highest BCUT2D eigenvalue weighted by atomic mass is 16.6. The molecule has 1 aromatic carbocycles. The average Bonchev–Trinajstić information content (AvgIpc) is 2.90. The molecule has 2 aromatic rings. The van der Waals surface area contributed by atoms with Crippen molar-refractivity contribution in [1.82, 2.24) is 4.57 Å². The zero-order chi connectivity index (χ0) is 18.1. The maximum absolute atomic E-state index is 12.8. The lowest BCUT2D eigenvalue weighted by Crippen LogP contribution is -2.35. The Labute approximate surface area is 143 Å². The maximum Gasteiger partial charge on any atom is 0.264 e. The Kier molecular flexibility index (Phi) is 4.78. The van der Waals surface area contributed by atoms with Crippen LogP contribution in [-0.2, 0) is 4.74 Å². The molecule has 25 heavy (non-hydrogen) atoms. The number of aliphatic hydroxyl groups excluding tert-OH is 3. The summed E-state index contributed by atoms with van der Waals surface area (Å²) in [5.41, 5.74) is -0.104. The third-order valence-electron chi connectivity index (χ3n) is 4.27. The number of aromatic nitrogens is 1. The fourth-order valence-electron chi connectivity index (χ4n) is 2.88. The molecule has 4 N–H and O–H groups in total. The summed E-state index contributed by atoms with van der Waals surface area (Å²) in [6.45, 7) is -0.493. The summed E-state index contributed by atoms with van der Waals surface area (Å²) in [6.07, 6.45) is -3.60. The maximum atomic E-state index is 12.8. The molecule has 2 unspecified atom stereocenters. The van der Waals surface area contributed by atoms with Crippen molar-refractivity contribution in [3.63, 3.8) is 0 Å². The Morgan fingerprint density at radius 2 is 1.84 bits per heavy atom. The second-order valence-electron chi connectivity index (χ2n) is 5.75. The van der Waals surface area contributed by atoms with Crippen LogP contribution in [-0.4, -0.2) is 57.0 Å². The van der Waals surface area contributed by atoms with Gasteiger partial charge in [-0.3, -0.25) is 9.36 Å². The second kappa shape index (κ2) is 6.85. The summed E-state index contributed by atoms with van der Waals surface area (Å²) >= 11 is 0. The van der Waals surface area contributed by atoms with Gasteiger partial charge >= 0.3 is 0 Å². The normalized spacial score (nSPS) is 25.9. The van der Waals surface area contributed by atoms with E-state index in [-0.39, 0.29) is 11.3 Å². The van der Waals surface area contributed by atoms with Gasteiger partial charge in [-0.25, -0.2) is 0 Å². The molecule has 2 heterocycles. The van der Waals surface area contributed by atoms with Crippen molar-refractivity contribution in [3.05, 3.63) is 46.9 Å². The van der Waals surface area contributed by atoms with Gasteiger partial charge in [0.15, 0.2) is 6.23 Å². The molecule has 4 atom stereocenters. The Hall–Kier alpha value is -2.39. The molecule has 0 aliphatic carbocycles. The Balaban J connectivity index is 2.05. The quantitative estimate of drug-likeness (QED) is 0.605. The van der Waals surface area contributed by atoms with Gasteiger partial charge in [-0.15, -0.1) is 0 Å². The number of benzene rings is 1. The molecule has 0 amide bonds. The van der Waals surface area contributed by atoms with Crippen LogP contribution in [0.25, 0.3) is 11.1 Å². The summed E-state index contributed by atoms with van der Waals surface area (Å²) in [5.74, 6) is 0.376. The van der Waals surface area contributed by atoms with Gasteiger partial charge in [0, 0.05) is 6.20 Å². The van der Waals surface area contributed by atoms with Crippen molar-refractivity contribution < 1.29 is 29.9 Å². The average molecular weight is 349 g/mol. The number of hydrogen-bond acceptors (Lipinski definition) is 7. The lowest BCUT2D eigenvalue weighted by Gasteiger charge is -2.19. The second-order valence-corrected chi connectivity index (χ2v) is 5.75. The minimum Gasteiger partial charge on any atom is -0.507 e. The fourth-order valence-corrected chi connectivity index (χ4v) is 2.88. The van der Waals surface area contributed by atoms with Gasteiger partial charge in [0.2, 0.25) is 0 Å². The first-order chi connectivity index (χ1) is 12.0. The fraction of sp³-hybridized carbons (Fsp3) is 0.353. The molecule has 8 nitrogen and oxygen atoms in total. The summed E-state index contributed by atoms with van der Waals surface area (Å²) < 4.78 is 11.5. The van der Waals surface area contributed by atoms with E-state index < -0.39 is 36.7 Å². The predicted octanol–water partition coefficient (Wildman–Crippen LogP) is -0.159. The van der Waals surface area contributed by atoms with Crippen molar-refractivity contribution in [2.45, 2.75) is 24.5 Å². The van der Waals surface area contributed by atoms with Crippen molar-refractivity contribution >= 4 is 0 Å². The van der Waals surface area contributed by atoms with E-state index in [1.54, 1.807) is 24.3 Å². The van der Waals surface area contributed by atoms with Gasteiger partial charge in [-0.05, 0) is 23.8 Å². The van der Waals surface area contributed by atoms with Crippen molar-refractivity contribution in [2.24, 2.45) is 0 Å². The van der Waals surface area contributed by atoms with E-state index in [0.717, 1.165) is 4.57 Å². The van der Waals surface area contributed by atoms with Crippen LogP contribution in [0.5, 0.6) is 11.5 Å². The molecule has 1 aromatic heterocycles. The highest BCUT2D eigenvalue weighted by Gasteiger charge is 2.43. The standard InChI is InChI=1S/C17H19NO7/c1-24-10-4-2-9(3-5-10)13-11(20)6-7-18(16(13)23)17-15(22)14(21)12(8-19)25-17/h2-7,12,14-15,17,19-22H,8H2,1H3/t12-,14?,15?,17-/m1/s1. The molecule has 0 saturated carbocycles. The molecular formula is C17H19NO7. The van der Waals surface area contributed by atoms with Crippen LogP contribution in [0, 0.1) is 0 Å². The molecule has 1 saturated heterocycles. The predicted molar refractivity (Wildman–Crippen MR) is 87.4 cm³/mol. The third-order valence-corrected chi connectivity index (χ3v) is 4.27. The van der Waals surface area contributed by atoms with Gasteiger partial charge in [0.1, 0.15) is 29.8 Å². The van der Waals surface area contributed by atoms with Crippen LogP contribution in [0.4, 0.5) is 0 Å². The zero-order valence-electron chi connectivity index (χ0n) is 13.4. The lowest BCUT2D eigenvalue weighted by molar-refractivity contribution is -0.0543. The monoisotopic (exact) mass is 349 g/mol. The topological polar surface area (TPSA) is 121 Å². The summed E-state index contributed by atoms with van der Waals surface area (Å²) in [6, 6.07) is 7.85. The van der Waals surface area contributed by atoms with Gasteiger partial charge in [0.25, 0.3) is 5.56 Å².